The molecule has 1 aromatic carbocycles. The summed E-state index contributed by atoms with van der Waals surface area (Å²) >= 11 is 0. The first-order valence-corrected chi connectivity index (χ1v) is 6.90. The molecule has 2 amide bonds. The Morgan fingerprint density at radius 3 is 2.55 bits per heavy atom. The van der Waals surface area contributed by atoms with E-state index in [0.29, 0.717) is 24.2 Å². The number of rotatable bonds is 5. The summed E-state index contributed by atoms with van der Waals surface area (Å²) < 4.78 is 0. The second kappa shape index (κ2) is 7.21. The van der Waals surface area contributed by atoms with Crippen molar-refractivity contribution in [3.8, 4) is 0 Å². The third-order valence-electron chi connectivity index (χ3n) is 3.21. The van der Waals surface area contributed by atoms with Gasteiger partial charge in [0.05, 0.1) is 5.56 Å². The molecule has 1 aromatic heterocycles. The highest BCUT2D eigenvalue weighted by Gasteiger charge is 2.13. The number of carboxylic acid groups (broad SMARTS) is 1. The number of aromatic carboxylic acids is 1. The smallest absolute Gasteiger partial charge is 0.336 e. The van der Waals surface area contributed by atoms with Crippen molar-refractivity contribution in [1.82, 2.24) is 10.3 Å². The van der Waals surface area contributed by atoms with E-state index in [0.717, 1.165) is 5.56 Å². The van der Waals surface area contributed by atoms with Crippen LogP contribution in [0.5, 0.6) is 0 Å². The van der Waals surface area contributed by atoms with Crippen LogP contribution in [-0.2, 0) is 13.0 Å². The molecule has 3 N–H and O–H groups in total. The molecule has 0 aliphatic heterocycles. The van der Waals surface area contributed by atoms with Crippen LogP contribution in [0.15, 0.2) is 42.7 Å². The van der Waals surface area contributed by atoms with Gasteiger partial charge in [-0.2, -0.15) is 0 Å². The minimum absolute atomic E-state index is 0.203. The Morgan fingerprint density at radius 1 is 1.18 bits per heavy atom. The number of nitrogens with one attached hydrogen (secondary N) is 2. The van der Waals surface area contributed by atoms with E-state index in [1.54, 1.807) is 24.5 Å². The molecule has 0 fully saturated rings. The average molecular weight is 299 g/mol. The highest BCUT2D eigenvalue weighted by molar-refractivity contribution is 5.95. The van der Waals surface area contributed by atoms with Crippen LogP contribution in [0.3, 0.4) is 0 Å². The summed E-state index contributed by atoms with van der Waals surface area (Å²) in [5, 5.41) is 14.6. The lowest BCUT2D eigenvalue weighted by atomic mass is 10.0. The monoisotopic (exact) mass is 299 g/mol. The number of pyridine rings is 1. The fraction of sp³-hybridized carbons (Fsp3) is 0.188. The lowest BCUT2D eigenvalue weighted by Gasteiger charge is -2.13. The number of anilines is 1. The number of hydrogen-bond acceptors (Lipinski definition) is 3. The molecule has 2 rings (SSSR count). The van der Waals surface area contributed by atoms with Gasteiger partial charge in [-0.15, -0.1) is 0 Å². The first-order valence-electron chi connectivity index (χ1n) is 6.90. The van der Waals surface area contributed by atoms with Crippen molar-refractivity contribution in [3.05, 3.63) is 59.4 Å². The molecular formula is C16H17N3O3. The molecule has 22 heavy (non-hydrogen) atoms. The molecule has 114 valence electrons. The van der Waals surface area contributed by atoms with Gasteiger partial charge >= 0.3 is 12.0 Å². The van der Waals surface area contributed by atoms with Gasteiger partial charge in [-0.1, -0.05) is 13.0 Å². The molecule has 1 heterocycles. The normalized spacial score (nSPS) is 10.0. The molecule has 0 aliphatic rings. The SMILES string of the molecule is CCc1c(NC(=O)NCc2ccncc2)cccc1C(=O)O. The first-order chi connectivity index (χ1) is 10.6. The quantitative estimate of drug-likeness (QED) is 0.791. The van der Waals surface area contributed by atoms with Crippen LogP contribution in [0.1, 0.15) is 28.4 Å². The maximum atomic E-state index is 11.9. The molecule has 2 aromatic rings. The van der Waals surface area contributed by atoms with Gasteiger partial charge in [-0.05, 0) is 41.8 Å². The summed E-state index contributed by atoms with van der Waals surface area (Å²) in [6.45, 7) is 2.22. The lowest BCUT2D eigenvalue weighted by molar-refractivity contribution is 0.0695. The number of aromatic nitrogens is 1. The van der Waals surface area contributed by atoms with Crippen LogP contribution in [0.2, 0.25) is 0 Å². The number of hydrogen-bond donors (Lipinski definition) is 3. The van der Waals surface area contributed by atoms with Gasteiger partial charge in [-0.3, -0.25) is 4.98 Å². The van der Waals surface area contributed by atoms with Crippen molar-refractivity contribution in [3.63, 3.8) is 0 Å². The minimum Gasteiger partial charge on any atom is -0.478 e. The van der Waals surface area contributed by atoms with Gasteiger partial charge in [-0.25, -0.2) is 9.59 Å². The van der Waals surface area contributed by atoms with E-state index in [9.17, 15) is 14.7 Å². The Hall–Kier alpha value is -2.89. The van der Waals surface area contributed by atoms with E-state index in [1.165, 1.54) is 6.07 Å². The lowest BCUT2D eigenvalue weighted by Crippen LogP contribution is -2.28. The van der Waals surface area contributed by atoms with E-state index in [-0.39, 0.29) is 11.6 Å². The average Bonchev–Trinajstić information content (AvgIpc) is 2.53. The molecule has 0 bridgehead atoms. The third kappa shape index (κ3) is 3.82. The van der Waals surface area contributed by atoms with Crippen LogP contribution in [0.4, 0.5) is 10.5 Å². The number of urea groups is 1. The van der Waals surface area contributed by atoms with Crippen molar-refractivity contribution in [1.29, 1.82) is 0 Å². The van der Waals surface area contributed by atoms with Gasteiger partial charge in [0.1, 0.15) is 0 Å². The fourth-order valence-corrected chi connectivity index (χ4v) is 2.13. The maximum absolute atomic E-state index is 11.9. The van der Waals surface area contributed by atoms with Crippen LogP contribution in [0.25, 0.3) is 0 Å². The Kier molecular flexibility index (Phi) is 5.08. The molecule has 6 nitrogen and oxygen atoms in total. The van der Waals surface area contributed by atoms with E-state index < -0.39 is 5.97 Å². The largest absolute Gasteiger partial charge is 0.478 e. The van der Waals surface area contributed by atoms with Crippen LogP contribution < -0.4 is 10.6 Å². The maximum Gasteiger partial charge on any atom is 0.336 e. The molecule has 0 atom stereocenters. The molecule has 0 saturated heterocycles. The fourth-order valence-electron chi connectivity index (χ4n) is 2.13. The highest BCUT2D eigenvalue weighted by atomic mass is 16.4. The Labute approximate surface area is 128 Å². The number of carboxylic acids is 1. The number of amides is 2. The second-order valence-electron chi connectivity index (χ2n) is 4.65. The zero-order valence-corrected chi connectivity index (χ0v) is 12.2. The van der Waals surface area contributed by atoms with E-state index in [2.05, 4.69) is 15.6 Å². The van der Waals surface area contributed by atoms with Crippen LogP contribution >= 0.6 is 0 Å². The summed E-state index contributed by atoms with van der Waals surface area (Å²) in [4.78, 5) is 27.1. The third-order valence-corrected chi connectivity index (χ3v) is 3.21. The first kappa shape index (κ1) is 15.5. The van der Waals surface area contributed by atoms with Gasteiger partial charge in [0, 0.05) is 24.6 Å². The van der Waals surface area contributed by atoms with Crippen molar-refractivity contribution in [2.45, 2.75) is 19.9 Å². The Bertz CT molecular complexity index is 672. The number of benzene rings is 1. The molecule has 6 heteroatoms. The topological polar surface area (TPSA) is 91.3 Å². The number of nitrogens with zero attached hydrogens (tertiary/aromatic N) is 1. The predicted octanol–water partition coefficient (Wildman–Crippen LogP) is 2.66. The highest BCUT2D eigenvalue weighted by Crippen LogP contribution is 2.20. The van der Waals surface area contributed by atoms with E-state index in [1.807, 2.05) is 19.1 Å². The molecular weight excluding hydrogens is 282 g/mol. The minimum atomic E-state index is -1.00. The zero-order valence-electron chi connectivity index (χ0n) is 12.2. The summed E-state index contributed by atoms with van der Waals surface area (Å²) in [5.74, 6) is -1.00. The van der Waals surface area contributed by atoms with Gasteiger partial charge in [0.15, 0.2) is 0 Å². The van der Waals surface area contributed by atoms with Gasteiger partial charge < -0.3 is 15.7 Å². The van der Waals surface area contributed by atoms with Crippen molar-refractivity contribution >= 4 is 17.7 Å². The molecule has 0 aliphatic carbocycles. The zero-order chi connectivity index (χ0) is 15.9. The molecule has 0 unspecified atom stereocenters. The summed E-state index contributed by atoms with van der Waals surface area (Å²) in [6.07, 6.45) is 3.82. The van der Waals surface area contributed by atoms with E-state index in [4.69, 9.17) is 0 Å². The molecule has 0 radical (unpaired) electrons. The van der Waals surface area contributed by atoms with Gasteiger partial charge in [0.2, 0.25) is 0 Å². The summed E-state index contributed by atoms with van der Waals surface area (Å²) in [6, 6.07) is 8.07. The second-order valence-corrected chi connectivity index (χ2v) is 4.65. The summed E-state index contributed by atoms with van der Waals surface area (Å²) in [7, 11) is 0. The Morgan fingerprint density at radius 2 is 1.91 bits per heavy atom. The molecule has 0 saturated carbocycles. The van der Waals surface area contributed by atoms with Crippen LogP contribution in [-0.4, -0.2) is 22.1 Å². The number of carbonyl (C=O) groups is 2. The van der Waals surface area contributed by atoms with Gasteiger partial charge in [0.25, 0.3) is 0 Å². The van der Waals surface area contributed by atoms with E-state index >= 15 is 0 Å². The van der Waals surface area contributed by atoms with Crippen molar-refractivity contribution in [2.75, 3.05) is 5.32 Å². The summed E-state index contributed by atoms with van der Waals surface area (Å²) in [5.41, 5.74) is 2.25. The molecule has 0 spiro atoms. The van der Waals surface area contributed by atoms with Crippen molar-refractivity contribution in [2.24, 2.45) is 0 Å². The van der Waals surface area contributed by atoms with Crippen LogP contribution in [0, 0.1) is 0 Å². The van der Waals surface area contributed by atoms with Crippen molar-refractivity contribution < 1.29 is 14.7 Å². The predicted molar refractivity (Wildman–Crippen MR) is 82.9 cm³/mol. The Balaban J connectivity index is 2.05. The number of carbonyl (C=O) groups excluding carboxylic acids is 1. The standard InChI is InChI=1S/C16H17N3O3/c1-2-12-13(15(20)21)4-3-5-14(12)19-16(22)18-10-11-6-8-17-9-7-11/h3-9H,2,10H2,1H3,(H,20,21)(H2,18,19,22).